The number of anilines is 1. The Morgan fingerprint density at radius 2 is 1.79 bits per heavy atom. The van der Waals surface area contributed by atoms with Crippen LogP contribution < -0.4 is 11.1 Å². The van der Waals surface area contributed by atoms with Crippen molar-refractivity contribution in [1.29, 1.82) is 0 Å². The topological polar surface area (TPSA) is 89.3 Å². The van der Waals surface area contributed by atoms with Crippen LogP contribution in [-0.2, 0) is 0 Å². The molecular formula is C18H19N5O. The molecule has 0 aliphatic rings. The summed E-state index contributed by atoms with van der Waals surface area (Å²) in [5.41, 5.74) is 7.72. The van der Waals surface area contributed by atoms with Gasteiger partial charge in [-0.2, -0.15) is 4.98 Å². The maximum absolute atomic E-state index is 5.90. The molecule has 0 aliphatic carbocycles. The van der Waals surface area contributed by atoms with Gasteiger partial charge in [0.1, 0.15) is 0 Å². The van der Waals surface area contributed by atoms with Crippen LogP contribution in [0.2, 0.25) is 0 Å². The summed E-state index contributed by atoms with van der Waals surface area (Å²) in [4.78, 5) is 8.77. The van der Waals surface area contributed by atoms with Crippen molar-refractivity contribution < 1.29 is 4.52 Å². The minimum atomic E-state index is -0.0221. The van der Waals surface area contributed by atoms with Crippen molar-refractivity contribution in [3.8, 4) is 11.4 Å². The lowest BCUT2D eigenvalue weighted by Crippen LogP contribution is -2.23. The molecule has 0 aliphatic heterocycles. The molecule has 0 radical (unpaired) electrons. The lowest BCUT2D eigenvalue weighted by atomic mass is 10.2. The van der Waals surface area contributed by atoms with Gasteiger partial charge >= 0.3 is 0 Å². The van der Waals surface area contributed by atoms with Gasteiger partial charge in [-0.05, 0) is 12.1 Å². The van der Waals surface area contributed by atoms with Crippen LogP contribution in [0.4, 0.5) is 5.69 Å². The first-order valence-corrected chi connectivity index (χ1v) is 7.73. The highest BCUT2D eigenvalue weighted by Crippen LogP contribution is 2.19. The van der Waals surface area contributed by atoms with Gasteiger partial charge in [0.25, 0.3) is 0 Å². The van der Waals surface area contributed by atoms with Crippen molar-refractivity contribution in [2.45, 2.75) is 12.8 Å². The zero-order chi connectivity index (χ0) is 16.8. The van der Waals surface area contributed by atoms with Crippen molar-refractivity contribution in [2.24, 2.45) is 10.7 Å². The average Bonchev–Trinajstić information content (AvgIpc) is 3.11. The number of para-hydroxylation sites is 1. The van der Waals surface area contributed by atoms with E-state index in [1.54, 1.807) is 0 Å². The van der Waals surface area contributed by atoms with Gasteiger partial charge < -0.3 is 15.6 Å². The Kier molecular flexibility index (Phi) is 4.86. The molecule has 3 aromatic rings. The molecular weight excluding hydrogens is 302 g/mol. The third kappa shape index (κ3) is 3.98. The predicted molar refractivity (Wildman–Crippen MR) is 94.7 cm³/mol. The molecule has 6 nitrogen and oxygen atoms in total. The fraction of sp³-hybridized carbons (Fsp3) is 0.167. The highest BCUT2D eigenvalue weighted by molar-refractivity contribution is 5.92. The number of guanidine groups is 1. The van der Waals surface area contributed by atoms with Crippen LogP contribution in [0.3, 0.4) is 0 Å². The summed E-state index contributed by atoms with van der Waals surface area (Å²) >= 11 is 0. The van der Waals surface area contributed by atoms with Gasteiger partial charge in [0.15, 0.2) is 5.96 Å². The van der Waals surface area contributed by atoms with E-state index in [0.29, 0.717) is 24.2 Å². The van der Waals surface area contributed by atoms with E-state index in [0.717, 1.165) is 11.3 Å². The summed E-state index contributed by atoms with van der Waals surface area (Å²) in [7, 11) is 0. The molecule has 1 aromatic heterocycles. The first kappa shape index (κ1) is 15.7. The molecule has 2 aromatic carbocycles. The molecule has 122 valence electrons. The second kappa shape index (κ2) is 7.41. The Hall–Kier alpha value is -3.15. The van der Waals surface area contributed by atoms with Gasteiger partial charge in [0, 0.05) is 11.3 Å². The Balaban J connectivity index is 1.62. The SMILES string of the molecule is CC(CN=C(N)Nc1ccccc1)c1nc(-c2ccccc2)no1. The number of rotatable bonds is 5. The number of benzene rings is 2. The molecule has 0 saturated carbocycles. The van der Waals surface area contributed by atoms with Crippen LogP contribution in [0.5, 0.6) is 0 Å². The molecule has 1 heterocycles. The summed E-state index contributed by atoms with van der Waals surface area (Å²) in [6, 6.07) is 19.4. The molecule has 0 spiro atoms. The number of nitrogens with one attached hydrogen (secondary N) is 1. The third-order valence-electron chi connectivity index (χ3n) is 3.48. The molecule has 0 amide bonds. The number of nitrogens with zero attached hydrogens (tertiary/aromatic N) is 3. The maximum Gasteiger partial charge on any atom is 0.231 e. The molecule has 0 fully saturated rings. The highest BCUT2D eigenvalue weighted by Gasteiger charge is 2.15. The number of aliphatic imine (C=N–C) groups is 1. The first-order valence-electron chi connectivity index (χ1n) is 7.73. The quantitative estimate of drug-likeness (QED) is 0.556. The van der Waals surface area contributed by atoms with Crippen molar-refractivity contribution >= 4 is 11.6 Å². The summed E-state index contributed by atoms with van der Waals surface area (Å²) in [5.74, 6) is 1.46. The summed E-state index contributed by atoms with van der Waals surface area (Å²) < 4.78 is 5.34. The fourth-order valence-electron chi connectivity index (χ4n) is 2.16. The van der Waals surface area contributed by atoms with Crippen LogP contribution in [0, 0.1) is 0 Å². The largest absolute Gasteiger partial charge is 0.370 e. The van der Waals surface area contributed by atoms with E-state index in [1.165, 1.54) is 0 Å². The van der Waals surface area contributed by atoms with Crippen molar-refractivity contribution in [3.05, 3.63) is 66.6 Å². The smallest absolute Gasteiger partial charge is 0.231 e. The second-order valence-electron chi connectivity index (χ2n) is 5.44. The van der Waals surface area contributed by atoms with Crippen LogP contribution in [0.25, 0.3) is 11.4 Å². The minimum Gasteiger partial charge on any atom is -0.370 e. The molecule has 3 N–H and O–H groups in total. The van der Waals surface area contributed by atoms with Crippen LogP contribution in [0.15, 0.2) is 70.2 Å². The van der Waals surface area contributed by atoms with E-state index in [2.05, 4.69) is 20.4 Å². The Bertz CT molecular complexity index is 799. The van der Waals surface area contributed by atoms with Crippen LogP contribution in [0.1, 0.15) is 18.7 Å². The molecule has 0 bridgehead atoms. The summed E-state index contributed by atoms with van der Waals surface area (Å²) in [5, 5.41) is 7.06. The van der Waals surface area contributed by atoms with Gasteiger partial charge in [-0.1, -0.05) is 60.6 Å². The molecule has 1 atom stereocenters. The van der Waals surface area contributed by atoms with E-state index in [-0.39, 0.29) is 5.92 Å². The molecule has 1 unspecified atom stereocenters. The molecule has 0 saturated heterocycles. The van der Waals surface area contributed by atoms with Crippen LogP contribution >= 0.6 is 0 Å². The number of hydrogen-bond acceptors (Lipinski definition) is 4. The monoisotopic (exact) mass is 321 g/mol. The van der Waals surface area contributed by atoms with Crippen molar-refractivity contribution in [1.82, 2.24) is 10.1 Å². The summed E-state index contributed by atoms with van der Waals surface area (Å²) in [6.45, 7) is 2.43. The summed E-state index contributed by atoms with van der Waals surface area (Å²) in [6.07, 6.45) is 0. The zero-order valence-corrected chi connectivity index (χ0v) is 13.4. The van der Waals surface area contributed by atoms with E-state index in [9.17, 15) is 0 Å². The van der Waals surface area contributed by atoms with E-state index < -0.39 is 0 Å². The lowest BCUT2D eigenvalue weighted by molar-refractivity contribution is 0.361. The van der Waals surface area contributed by atoms with E-state index in [1.807, 2.05) is 67.6 Å². The van der Waals surface area contributed by atoms with Gasteiger partial charge in [-0.15, -0.1) is 0 Å². The zero-order valence-electron chi connectivity index (χ0n) is 13.4. The number of hydrogen-bond donors (Lipinski definition) is 2. The van der Waals surface area contributed by atoms with Crippen molar-refractivity contribution in [3.63, 3.8) is 0 Å². The first-order chi connectivity index (χ1) is 11.7. The van der Waals surface area contributed by atoms with Gasteiger partial charge in [-0.25, -0.2) is 0 Å². The number of aromatic nitrogens is 2. The lowest BCUT2D eigenvalue weighted by Gasteiger charge is -2.06. The van der Waals surface area contributed by atoms with Gasteiger partial charge in [0.2, 0.25) is 11.7 Å². The van der Waals surface area contributed by atoms with E-state index in [4.69, 9.17) is 10.3 Å². The van der Waals surface area contributed by atoms with Gasteiger partial charge in [-0.3, -0.25) is 4.99 Å². The van der Waals surface area contributed by atoms with Gasteiger partial charge in [0.05, 0.1) is 12.5 Å². The Labute approximate surface area is 140 Å². The second-order valence-corrected chi connectivity index (χ2v) is 5.44. The van der Waals surface area contributed by atoms with Crippen LogP contribution in [-0.4, -0.2) is 22.6 Å². The fourth-order valence-corrected chi connectivity index (χ4v) is 2.16. The molecule has 3 rings (SSSR count). The molecule has 6 heteroatoms. The minimum absolute atomic E-state index is 0.0221. The number of nitrogens with two attached hydrogens (primary N) is 1. The highest BCUT2D eigenvalue weighted by atomic mass is 16.5. The normalized spacial score (nSPS) is 12.8. The van der Waals surface area contributed by atoms with Crippen molar-refractivity contribution in [2.75, 3.05) is 11.9 Å². The standard InChI is InChI=1S/C18H19N5O/c1-13(12-20-18(19)21-15-10-6-3-7-11-15)17-22-16(23-24-17)14-8-4-2-5-9-14/h2-11,13H,12H2,1H3,(H3,19,20,21). The Morgan fingerprint density at radius 3 is 2.50 bits per heavy atom. The van der Waals surface area contributed by atoms with E-state index >= 15 is 0 Å². The predicted octanol–water partition coefficient (Wildman–Crippen LogP) is 3.27. The average molecular weight is 321 g/mol. The Morgan fingerprint density at radius 1 is 1.12 bits per heavy atom. The third-order valence-corrected chi connectivity index (χ3v) is 3.48. The maximum atomic E-state index is 5.90. The molecule has 24 heavy (non-hydrogen) atoms.